The maximum atomic E-state index is 13.3. The molecule has 3 aliphatic heterocycles. The van der Waals surface area contributed by atoms with Crippen molar-refractivity contribution in [2.24, 2.45) is 17.8 Å². The van der Waals surface area contributed by atoms with Crippen molar-refractivity contribution in [2.75, 3.05) is 39.3 Å². The van der Waals surface area contributed by atoms with Crippen molar-refractivity contribution in [2.45, 2.75) is 49.5 Å². The second kappa shape index (κ2) is 10.6. The van der Waals surface area contributed by atoms with E-state index in [1.807, 2.05) is 4.90 Å². The number of likely N-dealkylation sites (tertiary alicyclic amines) is 2. The summed E-state index contributed by atoms with van der Waals surface area (Å²) in [7, 11) is -3.66. The molecule has 37 heavy (non-hydrogen) atoms. The lowest BCUT2D eigenvalue weighted by atomic mass is 9.95. The highest BCUT2D eigenvalue weighted by atomic mass is 32.2. The molecule has 0 bridgehead atoms. The van der Waals surface area contributed by atoms with Gasteiger partial charge in [0.15, 0.2) is 0 Å². The summed E-state index contributed by atoms with van der Waals surface area (Å²) in [6.07, 6.45) is 6.28. The number of rotatable bonds is 6. The van der Waals surface area contributed by atoms with Crippen LogP contribution in [0.15, 0.2) is 41.8 Å². The van der Waals surface area contributed by atoms with Gasteiger partial charge in [0.2, 0.25) is 21.8 Å². The second-order valence-corrected chi connectivity index (χ2v) is 12.8. The molecule has 200 valence electrons. The molecule has 10 heteroatoms. The van der Waals surface area contributed by atoms with Gasteiger partial charge >= 0.3 is 0 Å². The van der Waals surface area contributed by atoms with E-state index in [9.17, 15) is 22.8 Å². The van der Waals surface area contributed by atoms with Crippen LogP contribution in [-0.4, -0.2) is 85.6 Å². The van der Waals surface area contributed by atoms with Crippen LogP contribution in [-0.2, 0) is 19.6 Å². The van der Waals surface area contributed by atoms with Gasteiger partial charge in [-0.2, -0.15) is 4.31 Å². The van der Waals surface area contributed by atoms with Crippen LogP contribution in [0.4, 0.5) is 0 Å². The Morgan fingerprint density at radius 1 is 0.892 bits per heavy atom. The van der Waals surface area contributed by atoms with Crippen LogP contribution in [0.2, 0.25) is 0 Å². The van der Waals surface area contributed by atoms with Gasteiger partial charge in [0, 0.05) is 56.8 Å². The Labute approximate surface area is 218 Å². The van der Waals surface area contributed by atoms with Gasteiger partial charge in [0.05, 0.1) is 4.90 Å². The van der Waals surface area contributed by atoms with Gasteiger partial charge in [0.1, 0.15) is 0 Å². The predicted octanol–water partition coefficient (Wildman–Crippen LogP) is 1.86. The highest BCUT2D eigenvalue weighted by Gasteiger charge is 2.45. The Kier molecular flexibility index (Phi) is 7.40. The maximum absolute atomic E-state index is 13.3. The minimum atomic E-state index is -3.66. The Bertz CT molecular complexity index is 1140. The molecular weight excluding hydrogens is 492 g/mol. The minimum absolute atomic E-state index is 0.0110. The molecule has 1 N–H and O–H groups in total. The predicted molar refractivity (Wildman–Crippen MR) is 138 cm³/mol. The number of amides is 3. The molecule has 1 aliphatic carbocycles. The molecule has 5 rings (SSSR count). The Balaban J connectivity index is 1.15. The van der Waals surface area contributed by atoms with Gasteiger partial charge in [-0.15, -0.1) is 0 Å². The molecule has 2 unspecified atom stereocenters. The third-order valence-corrected chi connectivity index (χ3v) is 10.4. The van der Waals surface area contributed by atoms with E-state index in [0.717, 1.165) is 38.8 Å². The number of fused-ring (bicyclic) bond motifs is 1. The van der Waals surface area contributed by atoms with Gasteiger partial charge in [-0.1, -0.05) is 6.58 Å². The second-order valence-electron chi connectivity index (χ2n) is 10.8. The Morgan fingerprint density at radius 3 is 2.05 bits per heavy atom. The summed E-state index contributed by atoms with van der Waals surface area (Å²) in [5.74, 6) is 0.353. The first-order valence-electron chi connectivity index (χ1n) is 13.4. The van der Waals surface area contributed by atoms with E-state index < -0.39 is 10.0 Å². The normalized spacial score (nSPS) is 26.8. The molecule has 2 atom stereocenters. The van der Waals surface area contributed by atoms with Gasteiger partial charge < -0.3 is 15.1 Å². The molecule has 1 aromatic carbocycles. The first kappa shape index (κ1) is 25.9. The zero-order valence-corrected chi connectivity index (χ0v) is 22.0. The molecule has 0 aromatic heterocycles. The number of nitrogens with zero attached hydrogens (tertiary/aromatic N) is 3. The third-order valence-electron chi connectivity index (χ3n) is 8.54. The largest absolute Gasteiger partial charge is 0.350 e. The summed E-state index contributed by atoms with van der Waals surface area (Å²) in [4.78, 5) is 41.2. The number of piperidine rings is 1. The molecule has 0 spiro atoms. The van der Waals surface area contributed by atoms with Gasteiger partial charge in [0.25, 0.3) is 5.91 Å². The zero-order chi connectivity index (χ0) is 26.2. The fourth-order valence-corrected chi connectivity index (χ4v) is 8.01. The van der Waals surface area contributed by atoms with E-state index in [0.29, 0.717) is 44.6 Å². The standard InChI is InChI=1S/C27H36N4O5S/c1-2-25(32)28-23-15-21-17-31(18-22(21)16-23)37(35,36)24-7-5-19(6-8-24)26(33)30-13-9-20(10-14-30)27(34)29-11-3-4-12-29/h2,5-8,20-23H,1,3-4,9-18H2,(H,28,32). The van der Waals surface area contributed by atoms with Crippen LogP contribution in [0.3, 0.4) is 0 Å². The maximum Gasteiger partial charge on any atom is 0.253 e. The highest BCUT2D eigenvalue weighted by Crippen LogP contribution is 2.40. The molecule has 3 amide bonds. The Hall–Kier alpha value is -2.72. The Morgan fingerprint density at radius 2 is 1.49 bits per heavy atom. The molecule has 1 saturated carbocycles. The molecule has 1 aromatic rings. The summed E-state index contributed by atoms with van der Waals surface area (Å²) >= 11 is 0. The monoisotopic (exact) mass is 528 g/mol. The smallest absolute Gasteiger partial charge is 0.253 e. The van der Waals surface area contributed by atoms with Crippen molar-refractivity contribution in [1.82, 2.24) is 19.4 Å². The number of sulfonamides is 1. The number of carbonyl (C=O) groups excluding carboxylic acids is 3. The lowest BCUT2D eigenvalue weighted by Crippen LogP contribution is -2.43. The van der Waals surface area contributed by atoms with Crippen LogP contribution < -0.4 is 5.32 Å². The zero-order valence-electron chi connectivity index (χ0n) is 21.2. The summed E-state index contributed by atoms with van der Waals surface area (Å²) < 4.78 is 28.1. The van der Waals surface area contributed by atoms with Crippen molar-refractivity contribution < 1.29 is 22.8 Å². The van der Waals surface area contributed by atoms with Crippen LogP contribution in [0.25, 0.3) is 0 Å². The van der Waals surface area contributed by atoms with Crippen molar-refractivity contribution >= 4 is 27.7 Å². The van der Waals surface area contributed by atoms with Crippen LogP contribution in [0.5, 0.6) is 0 Å². The van der Waals surface area contributed by atoms with Crippen molar-refractivity contribution in [3.8, 4) is 0 Å². The molecule has 3 saturated heterocycles. The van der Waals surface area contributed by atoms with E-state index in [2.05, 4.69) is 11.9 Å². The van der Waals surface area contributed by atoms with Crippen LogP contribution in [0, 0.1) is 17.8 Å². The van der Waals surface area contributed by atoms with E-state index >= 15 is 0 Å². The number of nitrogens with one attached hydrogen (secondary N) is 1. The SMILES string of the molecule is C=CC(=O)NC1CC2CN(S(=O)(=O)c3ccc(C(=O)N4CCC(C(=O)N5CCCC5)CC4)cc3)CC2C1. The van der Waals surface area contributed by atoms with Crippen molar-refractivity contribution in [3.63, 3.8) is 0 Å². The van der Waals surface area contributed by atoms with E-state index in [4.69, 9.17) is 0 Å². The number of carbonyl (C=O) groups is 3. The van der Waals surface area contributed by atoms with E-state index in [1.165, 1.54) is 22.5 Å². The third kappa shape index (κ3) is 5.31. The van der Waals surface area contributed by atoms with Gasteiger partial charge in [-0.05, 0) is 80.7 Å². The average Bonchev–Trinajstić information content (AvgIpc) is 3.65. The highest BCUT2D eigenvalue weighted by molar-refractivity contribution is 7.89. The topological polar surface area (TPSA) is 107 Å². The summed E-state index contributed by atoms with van der Waals surface area (Å²) in [5, 5.41) is 2.93. The number of hydrogen-bond donors (Lipinski definition) is 1. The first-order chi connectivity index (χ1) is 17.8. The van der Waals surface area contributed by atoms with Gasteiger partial charge in [-0.3, -0.25) is 14.4 Å². The number of hydrogen-bond acceptors (Lipinski definition) is 5. The fraction of sp³-hybridized carbons (Fsp3) is 0.593. The summed E-state index contributed by atoms with van der Waals surface area (Å²) in [6.45, 7) is 7.14. The molecule has 4 fully saturated rings. The molecule has 0 radical (unpaired) electrons. The number of benzene rings is 1. The van der Waals surface area contributed by atoms with Gasteiger partial charge in [-0.25, -0.2) is 8.42 Å². The molecule has 9 nitrogen and oxygen atoms in total. The summed E-state index contributed by atoms with van der Waals surface area (Å²) in [6, 6.07) is 6.29. The van der Waals surface area contributed by atoms with Crippen molar-refractivity contribution in [1.29, 1.82) is 0 Å². The molecule has 3 heterocycles. The molecular formula is C27H36N4O5S. The fourth-order valence-electron chi connectivity index (χ4n) is 6.46. The minimum Gasteiger partial charge on any atom is -0.350 e. The average molecular weight is 529 g/mol. The van der Waals surface area contributed by atoms with E-state index in [1.54, 1.807) is 17.0 Å². The van der Waals surface area contributed by atoms with Crippen LogP contribution in [0.1, 0.15) is 48.9 Å². The van der Waals surface area contributed by atoms with E-state index in [-0.39, 0.29) is 46.4 Å². The lowest BCUT2D eigenvalue weighted by molar-refractivity contribution is -0.135. The lowest BCUT2D eigenvalue weighted by Gasteiger charge is -2.33. The summed E-state index contributed by atoms with van der Waals surface area (Å²) in [5.41, 5.74) is 0.461. The van der Waals surface area contributed by atoms with Crippen LogP contribution >= 0.6 is 0 Å². The quantitative estimate of drug-likeness (QED) is 0.568. The molecule has 4 aliphatic rings. The first-order valence-corrected chi connectivity index (χ1v) is 14.8. The van der Waals surface area contributed by atoms with Crippen molar-refractivity contribution in [3.05, 3.63) is 42.5 Å².